The van der Waals surface area contributed by atoms with Crippen LogP contribution in [0.4, 0.5) is 4.79 Å². The van der Waals surface area contributed by atoms with E-state index in [-0.39, 0.29) is 19.1 Å². The van der Waals surface area contributed by atoms with E-state index in [0.717, 1.165) is 18.5 Å². The van der Waals surface area contributed by atoms with Crippen LogP contribution in [0.5, 0.6) is 0 Å². The Kier molecular flexibility index (Phi) is 6.83. The van der Waals surface area contributed by atoms with Crippen LogP contribution in [-0.2, 0) is 21.0 Å². The maximum Gasteiger partial charge on any atom is 0.441 e. The van der Waals surface area contributed by atoms with Gasteiger partial charge in [0.1, 0.15) is 6.61 Å². The molecule has 1 atom stereocenters. The topological polar surface area (TPSA) is 88.1 Å². The van der Waals surface area contributed by atoms with Gasteiger partial charge in [-0.15, -0.1) is 5.48 Å². The van der Waals surface area contributed by atoms with E-state index >= 15 is 0 Å². The van der Waals surface area contributed by atoms with Crippen LogP contribution in [0.3, 0.4) is 0 Å². The van der Waals surface area contributed by atoms with Crippen LogP contribution in [0.2, 0.25) is 0 Å². The summed E-state index contributed by atoms with van der Waals surface area (Å²) >= 11 is 0. The Hall–Kier alpha value is -2.12. The Labute approximate surface area is 135 Å². The average molecular weight is 322 g/mol. The molecular formula is C16H22N2O5. The van der Waals surface area contributed by atoms with Crippen molar-refractivity contribution in [2.24, 2.45) is 5.92 Å². The predicted molar refractivity (Wildman–Crippen MR) is 82.1 cm³/mol. The Balaban J connectivity index is 1.68. The number of amides is 1. The van der Waals surface area contributed by atoms with Crippen molar-refractivity contribution >= 4 is 12.1 Å². The lowest BCUT2D eigenvalue weighted by Crippen LogP contribution is -2.42. The number of aliphatic hydroxyl groups is 1. The first-order valence-electron chi connectivity index (χ1n) is 7.69. The maximum atomic E-state index is 11.9. The van der Waals surface area contributed by atoms with Crippen LogP contribution in [0.15, 0.2) is 30.3 Å². The van der Waals surface area contributed by atoms with Crippen molar-refractivity contribution in [1.29, 1.82) is 0 Å². The van der Waals surface area contributed by atoms with Crippen LogP contribution < -0.4 is 5.48 Å². The second-order valence-electron chi connectivity index (χ2n) is 5.45. The fourth-order valence-corrected chi connectivity index (χ4v) is 2.52. The molecule has 0 aliphatic carbocycles. The number of rotatable bonds is 5. The van der Waals surface area contributed by atoms with E-state index in [1.807, 2.05) is 40.7 Å². The van der Waals surface area contributed by atoms with Crippen LogP contribution in [0, 0.1) is 5.92 Å². The Bertz CT molecular complexity index is 506. The van der Waals surface area contributed by atoms with Gasteiger partial charge in [-0.25, -0.2) is 9.59 Å². The summed E-state index contributed by atoms with van der Waals surface area (Å²) in [6.45, 7) is 2.09. The van der Waals surface area contributed by atoms with Gasteiger partial charge in [-0.1, -0.05) is 30.3 Å². The Morgan fingerprint density at radius 2 is 2.09 bits per heavy atom. The summed E-state index contributed by atoms with van der Waals surface area (Å²) in [6, 6.07) is 9.22. The largest absolute Gasteiger partial charge is 0.443 e. The molecular weight excluding hydrogens is 300 g/mol. The summed E-state index contributed by atoms with van der Waals surface area (Å²) in [5.41, 5.74) is 2.87. The third kappa shape index (κ3) is 5.88. The normalized spacial score (nSPS) is 18.2. The highest BCUT2D eigenvalue weighted by Gasteiger charge is 2.27. The highest BCUT2D eigenvalue weighted by Crippen LogP contribution is 2.17. The highest BCUT2D eigenvalue weighted by atomic mass is 16.7. The standard InChI is InChI=1S/C16H22N2O5/c19-10-9-18-8-4-7-14(11-18)15(20)23-17-16(21)22-12-13-5-2-1-3-6-13/h1-3,5-6,14,19H,4,7-12H2,(H,17,21). The Morgan fingerprint density at radius 3 is 2.83 bits per heavy atom. The van der Waals surface area contributed by atoms with Crippen molar-refractivity contribution < 1.29 is 24.3 Å². The molecule has 0 bridgehead atoms. The number of ether oxygens (including phenoxy) is 1. The number of hydroxylamine groups is 1. The van der Waals surface area contributed by atoms with Crippen molar-refractivity contribution in [1.82, 2.24) is 10.4 Å². The molecule has 1 fully saturated rings. The molecule has 7 heteroatoms. The molecule has 1 aliphatic rings. The minimum Gasteiger partial charge on any atom is -0.443 e. The van der Waals surface area contributed by atoms with Gasteiger partial charge in [0.05, 0.1) is 12.5 Å². The zero-order valence-electron chi connectivity index (χ0n) is 12.9. The van der Waals surface area contributed by atoms with Gasteiger partial charge in [0, 0.05) is 13.1 Å². The molecule has 7 nitrogen and oxygen atoms in total. The van der Waals surface area contributed by atoms with Crippen molar-refractivity contribution in [2.75, 3.05) is 26.2 Å². The van der Waals surface area contributed by atoms with Gasteiger partial charge in [0.2, 0.25) is 0 Å². The number of nitrogens with one attached hydrogen (secondary N) is 1. The number of β-amino-alcohol motifs (C(OH)–C–C–N with tert-alkyl or cyclic N) is 1. The summed E-state index contributed by atoms with van der Waals surface area (Å²) in [4.78, 5) is 30.3. The van der Waals surface area contributed by atoms with Gasteiger partial charge in [-0.2, -0.15) is 0 Å². The number of benzene rings is 1. The minimum atomic E-state index is -0.801. The van der Waals surface area contributed by atoms with Gasteiger partial charge in [0.25, 0.3) is 0 Å². The molecule has 0 radical (unpaired) electrons. The molecule has 1 saturated heterocycles. The molecule has 23 heavy (non-hydrogen) atoms. The number of nitrogens with zero attached hydrogens (tertiary/aromatic N) is 1. The predicted octanol–water partition coefficient (Wildman–Crippen LogP) is 1.08. The number of aliphatic hydroxyl groups excluding tert-OH is 1. The first-order valence-corrected chi connectivity index (χ1v) is 7.69. The average Bonchev–Trinajstić information content (AvgIpc) is 2.59. The van der Waals surface area contributed by atoms with E-state index in [4.69, 9.17) is 14.7 Å². The number of carbonyl (C=O) groups excluding carboxylic acids is 2. The smallest absolute Gasteiger partial charge is 0.441 e. The molecule has 2 rings (SSSR count). The third-order valence-corrected chi connectivity index (χ3v) is 3.70. The molecule has 1 amide bonds. The molecule has 1 aliphatic heterocycles. The van der Waals surface area contributed by atoms with Crippen molar-refractivity contribution in [3.8, 4) is 0 Å². The molecule has 0 spiro atoms. The number of carbonyl (C=O) groups is 2. The summed E-state index contributed by atoms with van der Waals surface area (Å²) in [6.07, 6.45) is 0.768. The second kappa shape index (κ2) is 9.12. The molecule has 1 aromatic rings. The first kappa shape index (κ1) is 17.2. The number of likely N-dealkylation sites (tertiary alicyclic amines) is 1. The minimum absolute atomic E-state index is 0.0613. The quantitative estimate of drug-likeness (QED) is 0.789. The number of piperidine rings is 1. The van der Waals surface area contributed by atoms with E-state index in [9.17, 15) is 9.59 Å². The van der Waals surface area contributed by atoms with Crippen LogP contribution in [0.25, 0.3) is 0 Å². The van der Waals surface area contributed by atoms with E-state index in [1.165, 1.54) is 0 Å². The van der Waals surface area contributed by atoms with E-state index < -0.39 is 12.1 Å². The van der Waals surface area contributed by atoms with E-state index in [1.54, 1.807) is 0 Å². The monoisotopic (exact) mass is 322 g/mol. The molecule has 0 saturated carbocycles. The molecule has 1 heterocycles. The lowest BCUT2D eigenvalue weighted by Gasteiger charge is -2.30. The van der Waals surface area contributed by atoms with Crippen LogP contribution >= 0.6 is 0 Å². The zero-order valence-corrected chi connectivity index (χ0v) is 12.9. The molecule has 126 valence electrons. The zero-order chi connectivity index (χ0) is 16.5. The van der Waals surface area contributed by atoms with Crippen molar-refractivity contribution in [3.05, 3.63) is 35.9 Å². The summed E-state index contributed by atoms with van der Waals surface area (Å²) in [5, 5.41) is 8.94. The lowest BCUT2D eigenvalue weighted by atomic mass is 9.98. The molecule has 2 N–H and O–H groups in total. The Morgan fingerprint density at radius 1 is 1.30 bits per heavy atom. The molecule has 1 unspecified atom stereocenters. The van der Waals surface area contributed by atoms with Gasteiger partial charge >= 0.3 is 12.1 Å². The summed E-state index contributed by atoms with van der Waals surface area (Å²) in [5.74, 6) is -0.783. The number of hydrogen-bond donors (Lipinski definition) is 2. The summed E-state index contributed by atoms with van der Waals surface area (Å²) in [7, 11) is 0. The third-order valence-electron chi connectivity index (χ3n) is 3.70. The lowest BCUT2D eigenvalue weighted by molar-refractivity contribution is -0.156. The fraction of sp³-hybridized carbons (Fsp3) is 0.500. The maximum absolute atomic E-state index is 11.9. The van der Waals surface area contributed by atoms with Gasteiger partial charge in [-0.05, 0) is 24.9 Å². The van der Waals surface area contributed by atoms with Crippen LogP contribution in [0.1, 0.15) is 18.4 Å². The number of hydrogen-bond acceptors (Lipinski definition) is 6. The van der Waals surface area contributed by atoms with Gasteiger partial charge in [0.15, 0.2) is 0 Å². The van der Waals surface area contributed by atoms with Crippen LogP contribution in [-0.4, -0.2) is 48.3 Å². The van der Waals surface area contributed by atoms with E-state index in [2.05, 4.69) is 0 Å². The van der Waals surface area contributed by atoms with Gasteiger partial charge in [-0.3, -0.25) is 0 Å². The fourth-order valence-electron chi connectivity index (χ4n) is 2.52. The van der Waals surface area contributed by atoms with Gasteiger partial charge < -0.3 is 19.6 Å². The van der Waals surface area contributed by atoms with E-state index in [0.29, 0.717) is 19.5 Å². The molecule has 1 aromatic carbocycles. The highest BCUT2D eigenvalue weighted by molar-refractivity contribution is 5.75. The SMILES string of the molecule is O=C(NOC(=O)C1CCCN(CCO)C1)OCc1ccccc1. The van der Waals surface area contributed by atoms with Crippen molar-refractivity contribution in [3.63, 3.8) is 0 Å². The summed E-state index contributed by atoms with van der Waals surface area (Å²) < 4.78 is 4.95. The van der Waals surface area contributed by atoms with Crippen molar-refractivity contribution in [2.45, 2.75) is 19.4 Å². The second-order valence-corrected chi connectivity index (χ2v) is 5.45. The molecule has 0 aromatic heterocycles. The first-order chi connectivity index (χ1) is 11.2.